The second-order valence-corrected chi connectivity index (χ2v) is 5.26. The minimum Gasteiger partial charge on any atom is -0.377 e. The highest BCUT2D eigenvalue weighted by Gasteiger charge is 2.17. The molecular formula is C15H21N3O3. The van der Waals surface area contributed by atoms with Crippen molar-refractivity contribution >= 4 is 17.5 Å². The number of hydrogen-bond acceptors (Lipinski definition) is 4. The molecule has 1 aliphatic rings. The van der Waals surface area contributed by atoms with Crippen LogP contribution in [0.4, 0.5) is 5.69 Å². The summed E-state index contributed by atoms with van der Waals surface area (Å²) >= 11 is 0. The molecule has 0 bridgehead atoms. The van der Waals surface area contributed by atoms with Crippen molar-refractivity contribution in [2.24, 2.45) is 5.73 Å². The van der Waals surface area contributed by atoms with Crippen LogP contribution in [-0.2, 0) is 9.53 Å². The number of amides is 2. The Morgan fingerprint density at radius 1 is 1.38 bits per heavy atom. The smallest absolute Gasteiger partial charge is 0.248 e. The van der Waals surface area contributed by atoms with Crippen LogP contribution >= 0.6 is 0 Å². The average Bonchev–Trinajstić information content (AvgIpc) is 2.63. The van der Waals surface area contributed by atoms with E-state index in [2.05, 4.69) is 10.2 Å². The van der Waals surface area contributed by atoms with Crippen LogP contribution in [0.25, 0.3) is 0 Å². The summed E-state index contributed by atoms with van der Waals surface area (Å²) in [5, 5.41) is 2.82. The van der Waals surface area contributed by atoms with Crippen molar-refractivity contribution in [3.8, 4) is 0 Å². The molecule has 2 amide bonds. The average molecular weight is 291 g/mol. The van der Waals surface area contributed by atoms with E-state index >= 15 is 0 Å². The number of primary amides is 1. The third kappa shape index (κ3) is 4.84. The van der Waals surface area contributed by atoms with Crippen LogP contribution in [0.15, 0.2) is 24.3 Å². The fourth-order valence-corrected chi connectivity index (χ4v) is 2.35. The molecule has 1 aromatic carbocycles. The molecule has 6 nitrogen and oxygen atoms in total. The lowest BCUT2D eigenvalue weighted by Crippen LogP contribution is -2.37. The Bertz CT molecular complexity index is 501. The van der Waals surface area contributed by atoms with Gasteiger partial charge in [-0.05, 0) is 37.6 Å². The highest BCUT2D eigenvalue weighted by molar-refractivity contribution is 5.95. The maximum Gasteiger partial charge on any atom is 0.248 e. The zero-order chi connectivity index (χ0) is 15.2. The Kier molecular flexibility index (Phi) is 5.30. The Morgan fingerprint density at radius 2 is 2.10 bits per heavy atom. The van der Waals surface area contributed by atoms with Gasteiger partial charge < -0.3 is 15.8 Å². The molecule has 1 unspecified atom stereocenters. The summed E-state index contributed by atoms with van der Waals surface area (Å²) in [5.41, 5.74) is 6.25. The summed E-state index contributed by atoms with van der Waals surface area (Å²) in [6, 6.07) is 6.54. The molecule has 1 fully saturated rings. The highest BCUT2D eigenvalue weighted by atomic mass is 16.5. The van der Waals surface area contributed by atoms with Crippen molar-refractivity contribution in [3.05, 3.63) is 29.8 Å². The lowest BCUT2D eigenvalue weighted by molar-refractivity contribution is -0.117. The molecule has 3 N–H and O–H groups in total. The van der Waals surface area contributed by atoms with Crippen molar-refractivity contribution < 1.29 is 14.3 Å². The summed E-state index contributed by atoms with van der Waals surface area (Å²) in [5.74, 6) is -0.553. The largest absolute Gasteiger partial charge is 0.377 e. The number of nitrogens with two attached hydrogens (primary N) is 1. The van der Waals surface area contributed by atoms with Crippen molar-refractivity contribution in [1.82, 2.24) is 4.90 Å². The molecule has 6 heteroatoms. The Balaban J connectivity index is 1.87. The normalized spacial score (nSPS) is 19.8. The van der Waals surface area contributed by atoms with Gasteiger partial charge in [0.05, 0.1) is 12.6 Å². The van der Waals surface area contributed by atoms with Gasteiger partial charge in [0.15, 0.2) is 0 Å². The fraction of sp³-hybridized carbons (Fsp3) is 0.467. The molecule has 21 heavy (non-hydrogen) atoms. The third-order valence-corrected chi connectivity index (χ3v) is 3.36. The number of hydrogen-bond donors (Lipinski definition) is 2. The maximum atomic E-state index is 12.0. The topological polar surface area (TPSA) is 84.7 Å². The SMILES string of the molecule is CC1CN(CC(=O)Nc2ccc(C(N)=O)cc2)CCCO1. The van der Waals surface area contributed by atoms with E-state index in [0.717, 1.165) is 26.1 Å². The summed E-state index contributed by atoms with van der Waals surface area (Å²) in [6.07, 6.45) is 1.08. The van der Waals surface area contributed by atoms with Crippen molar-refractivity contribution in [2.45, 2.75) is 19.4 Å². The predicted octanol–water partition coefficient (Wildman–Crippen LogP) is 0.835. The van der Waals surface area contributed by atoms with Gasteiger partial charge in [0.2, 0.25) is 11.8 Å². The van der Waals surface area contributed by atoms with E-state index in [1.165, 1.54) is 0 Å². The quantitative estimate of drug-likeness (QED) is 0.860. The van der Waals surface area contributed by atoms with Crippen LogP contribution in [0, 0.1) is 0 Å². The number of nitrogens with zero attached hydrogens (tertiary/aromatic N) is 1. The molecule has 1 aliphatic heterocycles. The van der Waals surface area contributed by atoms with E-state index in [0.29, 0.717) is 17.8 Å². The van der Waals surface area contributed by atoms with Crippen LogP contribution in [0.3, 0.4) is 0 Å². The van der Waals surface area contributed by atoms with E-state index in [1.54, 1.807) is 24.3 Å². The number of carbonyl (C=O) groups excluding carboxylic acids is 2. The number of carbonyl (C=O) groups is 2. The standard InChI is InChI=1S/C15H21N3O3/c1-11-9-18(7-2-8-21-11)10-14(19)17-13-5-3-12(4-6-13)15(16)20/h3-6,11H,2,7-10H2,1H3,(H2,16,20)(H,17,19). The highest BCUT2D eigenvalue weighted by Crippen LogP contribution is 2.10. The van der Waals surface area contributed by atoms with Gasteiger partial charge in [-0.25, -0.2) is 0 Å². The summed E-state index contributed by atoms with van der Waals surface area (Å²) in [7, 11) is 0. The lowest BCUT2D eigenvalue weighted by atomic mass is 10.2. The second kappa shape index (κ2) is 7.19. The van der Waals surface area contributed by atoms with Gasteiger partial charge >= 0.3 is 0 Å². The van der Waals surface area contributed by atoms with Gasteiger partial charge in [-0.1, -0.05) is 0 Å². The number of rotatable bonds is 4. The Hall–Kier alpha value is -1.92. The van der Waals surface area contributed by atoms with Crippen LogP contribution in [0.2, 0.25) is 0 Å². The molecule has 1 heterocycles. The van der Waals surface area contributed by atoms with Gasteiger partial charge in [-0.2, -0.15) is 0 Å². The first-order valence-electron chi connectivity index (χ1n) is 7.08. The first kappa shape index (κ1) is 15.5. The molecule has 0 radical (unpaired) electrons. The lowest BCUT2D eigenvalue weighted by Gasteiger charge is -2.21. The fourth-order valence-electron chi connectivity index (χ4n) is 2.35. The zero-order valence-corrected chi connectivity index (χ0v) is 12.2. The van der Waals surface area contributed by atoms with E-state index < -0.39 is 5.91 Å². The van der Waals surface area contributed by atoms with Gasteiger partial charge in [0, 0.05) is 30.9 Å². The third-order valence-electron chi connectivity index (χ3n) is 3.36. The molecule has 0 saturated carbocycles. The summed E-state index contributed by atoms with van der Waals surface area (Å²) < 4.78 is 5.55. The van der Waals surface area contributed by atoms with Gasteiger partial charge in [-0.15, -0.1) is 0 Å². The Morgan fingerprint density at radius 3 is 2.76 bits per heavy atom. The van der Waals surface area contributed by atoms with Gasteiger partial charge in [0.25, 0.3) is 0 Å². The van der Waals surface area contributed by atoms with Crippen molar-refractivity contribution in [3.63, 3.8) is 0 Å². The van der Waals surface area contributed by atoms with Gasteiger partial charge in [-0.3, -0.25) is 14.5 Å². The number of ether oxygens (including phenoxy) is 1. The van der Waals surface area contributed by atoms with Crippen LogP contribution in [0.5, 0.6) is 0 Å². The first-order valence-corrected chi connectivity index (χ1v) is 7.08. The molecule has 114 valence electrons. The molecule has 1 aromatic rings. The van der Waals surface area contributed by atoms with Crippen LogP contribution in [-0.4, -0.2) is 49.1 Å². The van der Waals surface area contributed by atoms with Crippen LogP contribution in [0.1, 0.15) is 23.7 Å². The summed E-state index contributed by atoms with van der Waals surface area (Å²) in [4.78, 5) is 25.1. The molecule has 1 atom stereocenters. The first-order chi connectivity index (χ1) is 10.0. The molecular weight excluding hydrogens is 270 g/mol. The van der Waals surface area contributed by atoms with E-state index in [1.807, 2.05) is 6.92 Å². The van der Waals surface area contributed by atoms with Gasteiger partial charge in [0.1, 0.15) is 0 Å². The number of anilines is 1. The molecule has 0 aliphatic carbocycles. The van der Waals surface area contributed by atoms with E-state index in [-0.39, 0.29) is 12.0 Å². The second-order valence-electron chi connectivity index (χ2n) is 5.26. The molecule has 0 spiro atoms. The minimum absolute atomic E-state index is 0.0732. The van der Waals surface area contributed by atoms with E-state index in [4.69, 9.17) is 10.5 Å². The molecule has 1 saturated heterocycles. The number of benzene rings is 1. The maximum absolute atomic E-state index is 12.0. The van der Waals surface area contributed by atoms with E-state index in [9.17, 15) is 9.59 Å². The zero-order valence-electron chi connectivity index (χ0n) is 12.2. The Labute approximate surface area is 124 Å². The molecule has 2 rings (SSSR count). The number of nitrogens with one attached hydrogen (secondary N) is 1. The minimum atomic E-state index is -0.480. The molecule has 0 aromatic heterocycles. The monoisotopic (exact) mass is 291 g/mol. The predicted molar refractivity (Wildman–Crippen MR) is 80.1 cm³/mol. The van der Waals surface area contributed by atoms with Crippen molar-refractivity contribution in [1.29, 1.82) is 0 Å². The van der Waals surface area contributed by atoms with Crippen LogP contribution < -0.4 is 11.1 Å². The van der Waals surface area contributed by atoms with Crippen molar-refractivity contribution in [2.75, 3.05) is 31.6 Å². The summed E-state index contributed by atoms with van der Waals surface area (Å²) in [6.45, 7) is 4.71.